The first-order valence-corrected chi connectivity index (χ1v) is 6.90. The van der Waals surface area contributed by atoms with Crippen LogP contribution in [0.25, 0.3) is 0 Å². The molecule has 0 saturated carbocycles. The van der Waals surface area contributed by atoms with E-state index in [1.807, 2.05) is 0 Å². The van der Waals surface area contributed by atoms with Crippen LogP contribution in [0.5, 0.6) is 0 Å². The molecule has 6 heteroatoms. The highest BCUT2D eigenvalue weighted by Gasteiger charge is 2.14. The number of carbonyl (C=O) groups is 1. The molecule has 1 amide bonds. The van der Waals surface area contributed by atoms with Crippen molar-refractivity contribution in [2.45, 2.75) is 17.7 Å². The Hall–Kier alpha value is -1.56. The zero-order chi connectivity index (χ0) is 12.9. The fraction of sp³-hybridized carbons (Fsp3) is 0.364. The molecule has 0 aliphatic rings. The monoisotopic (exact) mass is 256 g/mol. The Morgan fingerprint density at radius 2 is 2.12 bits per heavy atom. The minimum absolute atomic E-state index is 0.0517. The Balaban J connectivity index is 2.66. The number of amides is 1. The molecule has 0 aliphatic carbocycles. The third-order valence-electron chi connectivity index (χ3n) is 2.31. The van der Waals surface area contributed by atoms with Crippen molar-refractivity contribution in [3.63, 3.8) is 0 Å². The molecule has 0 radical (unpaired) electrons. The summed E-state index contributed by atoms with van der Waals surface area (Å²) >= 11 is 0. The summed E-state index contributed by atoms with van der Waals surface area (Å²) in [6.07, 6.45) is 0.509. The van der Waals surface area contributed by atoms with Crippen LogP contribution in [-0.4, -0.2) is 27.1 Å². The molecular formula is C11H16N2O3S. The second-order valence-electron chi connectivity index (χ2n) is 3.67. The lowest BCUT2D eigenvalue weighted by atomic mass is 10.3. The van der Waals surface area contributed by atoms with Gasteiger partial charge in [0.05, 0.1) is 10.6 Å². The van der Waals surface area contributed by atoms with Crippen LogP contribution in [0, 0.1) is 0 Å². The van der Waals surface area contributed by atoms with E-state index in [0.29, 0.717) is 12.1 Å². The number of anilines is 1. The van der Waals surface area contributed by atoms with Crippen LogP contribution in [0.2, 0.25) is 0 Å². The standard InChI is InChI=1S/C11H16N2O3S/c1-13-11(14)6-3-7-17(15,16)10-5-2-4-9(12)8-10/h2,4-5,8H,3,6-7,12H2,1H3,(H,13,14). The molecule has 3 N–H and O–H groups in total. The topological polar surface area (TPSA) is 89.3 Å². The maximum Gasteiger partial charge on any atom is 0.219 e. The quantitative estimate of drug-likeness (QED) is 0.754. The molecule has 0 atom stereocenters. The maximum absolute atomic E-state index is 11.9. The van der Waals surface area contributed by atoms with Crippen molar-refractivity contribution in [1.82, 2.24) is 5.32 Å². The maximum atomic E-state index is 11.9. The lowest BCUT2D eigenvalue weighted by molar-refractivity contribution is -0.120. The van der Waals surface area contributed by atoms with E-state index in [-0.39, 0.29) is 23.0 Å². The van der Waals surface area contributed by atoms with E-state index in [2.05, 4.69) is 5.32 Å². The smallest absolute Gasteiger partial charge is 0.219 e. The van der Waals surface area contributed by atoms with E-state index in [1.54, 1.807) is 12.1 Å². The number of hydrogen-bond donors (Lipinski definition) is 2. The third kappa shape index (κ3) is 4.07. The minimum atomic E-state index is -3.35. The average Bonchev–Trinajstić information content (AvgIpc) is 2.28. The SMILES string of the molecule is CNC(=O)CCCS(=O)(=O)c1cccc(N)c1. The fourth-order valence-electron chi connectivity index (χ4n) is 1.37. The number of nitrogens with one attached hydrogen (secondary N) is 1. The second kappa shape index (κ2) is 5.67. The van der Waals surface area contributed by atoms with Crippen LogP contribution in [0.15, 0.2) is 29.2 Å². The van der Waals surface area contributed by atoms with Gasteiger partial charge in [0.25, 0.3) is 0 Å². The highest BCUT2D eigenvalue weighted by molar-refractivity contribution is 7.91. The van der Waals surface area contributed by atoms with Crippen LogP contribution in [-0.2, 0) is 14.6 Å². The van der Waals surface area contributed by atoms with Gasteiger partial charge in [-0.1, -0.05) is 6.07 Å². The van der Waals surface area contributed by atoms with Gasteiger partial charge in [-0.15, -0.1) is 0 Å². The first-order chi connectivity index (χ1) is 7.95. The van der Waals surface area contributed by atoms with Crippen molar-refractivity contribution >= 4 is 21.4 Å². The summed E-state index contributed by atoms with van der Waals surface area (Å²) in [5, 5.41) is 2.45. The molecule has 1 aromatic carbocycles. The molecule has 5 nitrogen and oxygen atoms in total. The number of nitrogen functional groups attached to an aromatic ring is 1. The van der Waals surface area contributed by atoms with E-state index in [0.717, 1.165) is 0 Å². The molecular weight excluding hydrogens is 240 g/mol. The van der Waals surface area contributed by atoms with Gasteiger partial charge in [-0.3, -0.25) is 4.79 Å². The van der Waals surface area contributed by atoms with Gasteiger partial charge in [0, 0.05) is 19.2 Å². The Morgan fingerprint density at radius 3 is 2.71 bits per heavy atom. The number of carbonyl (C=O) groups excluding carboxylic acids is 1. The Labute approximate surface area is 101 Å². The largest absolute Gasteiger partial charge is 0.399 e. The number of sulfone groups is 1. The van der Waals surface area contributed by atoms with Gasteiger partial charge >= 0.3 is 0 Å². The van der Waals surface area contributed by atoms with E-state index < -0.39 is 9.84 Å². The fourth-order valence-corrected chi connectivity index (χ4v) is 2.74. The first-order valence-electron chi connectivity index (χ1n) is 5.24. The molecule has 1 rings (SSSR count). The van der Waals surface area contributed by atoms with Crippen molar-refractivity contribution in [1.29, 1.82) is 0 Å². The van der Waals surface area contributed by atoms with E-state index in [9.17, 15) is 13.2 Å². The van der Waals surface area contributed by atoms with Gasteiger partial charge < -0.3 is 11.1 Å². The number of rotatable bonds is 5. The Bertz CT molecular complexity index is 497. The van der Waals surface area contributed by atoms with Gasteiger partial charge in [-0.2, -0.15) is 0 Å². The van der Waals surface area contributed by atoms with Gasteiger partial charge in [0.2, 0.25) is 5.91 Å². The van der Waals surface area contributed by atoms with E-state index in [1.165, 1.54) is 19.2 Å². The van der Waals surface area contributed by atoms with Crippen LogP contribution in [0.4, 0.5) is 5.69 Å². The lowest BCUT2D eigenvalue weighted by Gasteiger charge is -2.04. The summed E-state index contributed by atoms with van der Waals surface area (Å²) in [5.74, 6) is -0.211. The molecule has 0 unspecified atom stereocenters. The summed E-state index contributed by atoms with van der Waals surface area (Å²) in [6.45, 7) is 0. The molecule has 1 aromatic rings. The Morgan fingerprint density at radius 1 is 1.41 bits per heavy atom. The molecule has 94 valence electrons. The zero-order valence-corrected chi connectivity index (χ0v) is 10.5. The van der Waals surface area contributed by atoms with Crippen LogP contribution >= 0.6 is 0 Å². The summed E-state index contributed by atoms with van der Waals surface area (Å²) in [7, 11) is -1.82. The molecule has 0 fully saturated rings. The highest BCUT2D eigenvalue weighted by atomic mass is 32.2. The molecule has 0 spiro atoms. The van der Waals surface area contributed by atoms with Gasteiger partial charge in [-0.05, 0) is 24.6 Å². The molecule has 17 heavy (non-hydrogen) atoms. The minimum Gasteiger partial charge on any atom is -0.399 e. The van der Waals surface area contributed by atoms with Crippen molar-refractivity contribution in [3.05, 3.63) is 24.3 Å². The van der Waals surface area contributed by atoms with Crippen LogP contribution in [0.3, 0.4) is 0 Å². The molecule has 0 aromatic heterocycles. The van der Waals surface area contributed by atoms with Crippen molar-refractivity contribution in [2.75, 3.05) is 18.5 Å². The summed E-state index contributed by atoms with van der Waals surface area (Å²) in [5.41, 5.74) is 5.94. The van der Waals surface area contributed by atoms with Crippen LogP contribution in [0.1, 0.15) is 12.8 Å². The summed E-state index contributed by atoms with van der Waals surface area (Å²) < 4.78 is 23.7. The summed E-state index contributed by atoms with van der Waals surface area (Å²) in [4.78, 5) is 11.2. The molecule has 0 saturated heterocycles. The van der Waals surface area contributed by atoms with Gasteiger partial charge in [0.1, 0.15) is 0 Å². The number of nitrogens with two attached hydrogens (primary N) is 1. The zero-order valence-electron chi connectivity index (χ0n) is 9.64. The normalized spacial score (nSPS) is 11.1. The lowest BCUT2D eigenvalue weighted by Crippen LogP contribution is -2.18. The van der Waals surface area contributed by atoms with Crippen molar-refractivity contribution in [3.8, 4) is 0 Å². The summed E-state index contributed by atoms with van der Waals surface area (Å²) in [6, 6.07) is 6.16. The Kier molecular flexibility index (Phi) is 4.51. The van der Waals surface area contributed by atoms with E-state index >= 15 is 0 Å². The molecule has 0 bridgehead atoms. The molecule has 0 aliphatic heterocycles. The van der Waals surface area contributed by atoms with Crippen LogP contribution < -0.4 is 11.1 Å². The third-order valence-corrected chi connectivity index (χ3v) is 4.11. The first kappa shape index (κ1) is 13.5. The highest BCUT2D eigenvalue weighted by Crippen LogP contribution is 2.15. The number of hydrogen-bond acceptors (Lipinski definition) is 4. The van der Waals surface area contributed by atoms with Crippen molar-refractivity contribution in [2.24, 2.45) is 0 Å². The second-order valence-corrected chi connectivity index (χ2v) is 5.78. The van der Waals surface area contributed by atoms with Crippen molar-refractivity contribution < 1.29 is 13.2 Å². The average molecular weight is 256 g/mol. The predicted molar refractivity (Wildman–Crippen MR) is 66.2 cm³/mol. The van der Waals surface area contributed by atoms with E-state index in [4.69, 9.17) is 5.73 Å². The van der Waals surface area contributed by atoms with Gasteiger partial charge in [-0.25, -0.2) is 8.42 Å². The predicted octanol–water partition coefficient (Wildman–Crippen LogP) is 0.569. The number of benzene rings is 1. The van der Waals surface area contributed by atoms with Gasteiger partial charge in [0.15, 0.2) is 9.84 Å². The molecule has 0 heterocycles.